The van der Waals surface area contributed by atoms with Crippen molar-refractivity contribution in [3.8, 4) is 17.1 Å². The number of aromatic carboxylic acids is 1. The zero-order valence-electron chi connectivity index (χ0n) is 15.6. The van der Waals surface area contributed by atoms with Gasteiger partial charge in [0.1, 0.15) is 5.82 Å². The molecule has 0 radical (unpaired) electrons. The number of nitrogens with zero attached hydrogens (tertiary/aromatic N) is 3. The van der Waals surface area contributed by atoms with Crippen molar-refractivity contribution in [3.63, 3.8) is 0 Å². The minimum absolute atomic E-state index is 0.299. The van der Waals surface area contributed by atoms with Gasteiger partial charge in [0.05, 0.1) is 18.7 Å². The molecule has 1 heterocycles. The number of benzene rings is 2. The molecule has 0 aliphatic heterocycles. The number of aromatic nitrogens is 3. The molecule has 0 spiro atoms. The molecule has 1 N–H and O–H groups in total. The van der Waals surface area contributed by atoms with E-state index in [0.717, 1.165) is 29.8 Å². The van der Waals surface area contributed by atoms with Gasteiger partial charge in [0, 0.05) is 6.42 Å². The van der Waals surface area contributed by atoms with Crippen LogP contribution in [0.3, 0.4) is 0 Å². The number of ether oxygens (including phenoxy) is 1. The Kier molecular flexibility index (Phi) is 5.86. The monoisotopic (exact) mass is 365 g/mol. The van der Waals surface area contributed by atoms with Crippen LogP contribution in [0, 0.1) is 0 Å². The molecule has 27 heavy (non-hydrogen) atoms. The third-order valence-corrected chi connectivity index (χ3v) is 4.24. The van der Waals surface area contributed by atoms with Crippen molar-refractivity contribution in [1.82, 2.24) is 14.8 Å². The summed E-state index contributed by atoms with van der Waals surface area (Å²) >= 11 is 0. The number of aryl methyl sites for hydroxylation is 1. The van der Waals surface area contributed by atoms with E-state index in [1.54, 1.807) is 12.1 Å². The summed E-state index contributed by atoms with van der Waals surface area (Å²) in [6.45, 7) is 5.27. The van der Waals surface area contributed by atoms with Crippen molar-refractivity contribution in [2.75, 3.05) is 6.61 Å². The third-order valence-electron chi connectivity index (χ3n) is 4.24. The highest BCUT2D eigenvalue weighted by atomic mass is 16.5. The van der Waals surface area contributed by atoms with E-state index >= 15 is 0 Å². The number of carboxylic acid groups (broad SMARTS) is 1. The Bertz CT molecular complexity index is 917. The van der Waals surface area contributed by atoms with Gasteiger partial charge in [-0.2, -0.15) is 4.98 Å². The van der Waals surface area contributed by atoms with E-state index < -0.39 is 5.97 Å². The van der Waals surface area contributed by atoms with Gasteiger partial charge in [0.15, 0.2) is 0 Å². The number of carbonyl (C=O) groups is 1. The van der Waals surface area contributed by atoms with Crippen LogP contribution in [-0.2, 0) is 13.0 Å². The topological polar surface area (TPSA) is 77.2 Å². The van der Waals surface area contributed by atoms with Crippen molar-refractivity contribution in [2.24, 2.45) is 0 Å². The maximum absolute atomic E-state index is 11.4. The number of carboxylic acids is 1. The summed E-state index contributed by atoms with van der Waals surface area (Å²) in [6.07, 6.45) is 1.68. The van der Waals surface area contributed by atoms with E-state index in [0.29, 0.717) is 30.3 Å². The summed E-state index contributed by atoms with van der Waals surface area (Å²) in [4.78, 5) is 15.8. The lowest BCUT2D eigenvalue weighted by molar-refractivity contribution is 0.0697. The van der Waals surface area contributed by atoms with Gasteiger partial charge < -0.3 is 9.84 Å². The van der Waals surface area contributed by atoms with Crippen LogP contribution in [0.2, 0.25) is 0 Å². The molecule has 6 heteroatoms. The molecule has 3 aromatic rings. The van der Waals surface area contributed by atoms with Crippen LogP contribution >= 0.6 is 0 Å². The highest BCUT2D eigenvalue weighted by Gasteiger charge is 2.12. The average molecular weight is 365 g/mol. The van der Waals surface area contributed by atoms with E-state index in [1.807, 2.05) is 54.9 Å². The molecule has 0 atom stereocenters. The van der Waals surface area contributed by atoms with Crippen molar-refractivity contribution in [1.29, 1.82) is 0 Å². The second-order valence-electron chi connectivity index (χ2n) is 6.22. The van der Waals surface area contributed by atoms with Crippen LogP contribution in [0.1, 0.15) is 42.0 Å². The molecule has 0 bridgehead atoms. The Morgan fingerprint density at radius 2 is 1.85 bits per heavy atom. The van der Waals surface area contributed by atoms with Crippen molar-refractivity contribution in [2.45, 2.75) is 33.2 Å². The van der Waals surface area contributed by atoms with Crippen LogP contribution in [0.4, 0.5) is 0 Å². The largest absolute Gasteiger partial charge is 0.478 e. The van der Waals surface area contributed by atoms with Crippen molar-refractivity contribution >= 4 is 5.97 Å². The van der Waals surface area contributed by atoms with Gasteiger partial charge in [-0.15, -0.1) is 5.10 Å². The molecule has 0 aliphatic carbocycles. The summed E-state index contributed by atoms with van der Waals surface area (Å²) in [7, 11) is 0. The minimum Gasteiger partial charge on any atom is -0.478 e. The summed E-state index contributed by atoms with van der Waals surface area (Å²) in [5.41, 5.74) is 2.94. The molecule has 0 unspecified atom stereocenters. The van der Waals surface area contributed by atoms with Gasteiger partial charge in [-0.3, -0.25) is 0 Å². The van der Waals surface area contributed by atoms with Crippen LogP contribution in [-0.4, -0.2) is 32.4 Å². The maximum Gasteiger partial charge on any atom is 0.336 e. The quantitative estimate of drug-likeness (QED) is 0.652. The smallest absolute Gasteiger partial charge is 0.336 e. The first-order chi connectivity index (χ1) is 13.1. The van der Waals surface area contributed by atoms with Gasteiger partial charge in [0.2, 0.25) is 0 Å². The van der Waals surface area contributed by atoms with E-state index in [1.165, 1.54) is 0 Å². The SMILES string of the molecule is CCCOc1nc(CC)n(Cc2ccc(-c3ccccc3C(=O)O)cc2)n1. The molecule has 1 aromatic heterocycles. The van der Waals surface area contributed by atoms with Gasteiger partial charge in [-0.1, -0.05) is 56.3 Å². The van der Waals surface area contributed by atoms with E-state index in [2.05, 4.69) is 10.1 Å². The minimum atomic E-state index is -0.926. The number of hydrogen-bond donors (Lipinski definition) is 1. The van der Waals surface area contributed by atoms with Crippen LogP contribution in [0.25, 0.3) is 11.1 Å². The summed E-state index contributed by atoms with van der Waals surface area (Å²) in [6, 6.07) is 15.3. The molecule has 6 nitrogen and oxygen atoms in total. The standard InChI is InChI=1S/C21H23N3O3/c1-3-13-27-21-22-19(4-2)24(23-21)14-15-9-11-16(12-10-15)17-7-5-6-8-18(17)20(25)26/h5-12H,3-4,13-14H2,1-2H3,(H,25,26). The lowest BCUT2D eigenvalue weighted by Gasteiger charge is -2.08. The first kappa shape index (κ1) is 18.6. The Hall–Kier alpha value is -3.15. The second kappa shape index (κ2) is 8.49. The molecule has 0 saturated heterocycles. The molecular formula is C21H23N3O3. The summed E-state index contributed by atoms with van der Waals surface area (Å²) in [5, 5.41) is 13.8. The molecule has 140 valence electrons. The highest BCUT2D eigenvalue weighted by molar-refractivity contribution is 5.95. The van der Waals surface area contributed by atoms with E-state index in [-0.39, 0.29) is 0 Å². The molecule has 0 amide bonds. The second-order valence-corrected chi connectivity index (χ2v) is 6.22. The highest BCUT2D eigenvalue weighted by Crippen LogP contribution is 2.24. The van der Waals surface area contributed by atoms with Gasteiger partial charge >= 0.3 is 12.0 Å². The molecule has 2 aromatic carbocycles. The van der Waals surface area contributed by atoms with E-state index in [4.69, 9.17) is 4.74 Å². The first-order valence-electron chi connectivity index (χ1n) is 9.10. The van der Waals surface area contributed by atoms with E-state index in [9.17, 15) is 9.90 Å². The Balaban J connectivity index is 1.81. The van der Waals surface area contributed by atoms with Gasteiger partial charge in [-0.25, -0.2) is 9.48 Å². The summed E-state index contributed by atoms with van der Waals surface area (Å²) < 4.78 is 7.38. The predicted octanol–water partition coefficient (Wildman–Crippen LogP) is 4.04. The van der Waals surface area contributed by atoms with Crippen LogP contribution < -0.4 is 4.74 Å². The molecule has 3 rings (SSSR count). The fraction of sp³-hybridized carbons (Fsp3) is 0.286. The average Bonchev–Trinajstić information content (AvgIpc) is 3.08. The van der Waals surface area contributed by atoms with Gasteiger partial charge in [0.25, 0.3) is 0 Å². The Morgan fingerprint density at radius 3 is 2.52 bits per heavy atom. The molecule has 0 saturated carbocycles. The first-order valence-corrected chi connectivity index (χ1v) is 9.10. The Labute approximate surface area is 158 Å². The fourth-order valence-corrected chi connectivity index (χ4v) is 2.88. The van der Waals surface area contributed by atoms with Crippen LogP contribution in [0.5, 0.6) is 6.01 Å². The van der Waals surface area contributed by atoms with Crippen molar-refractivity contribution < 1.29 is 14.6 Å². The summed E-state index contributed by atoms with van der Waals surface area (Å²) in [5.74, 6) is -0.0501. The Morgan fingerprint density at radius 1 is 1.11 bits per heavy atom. The lowest BCUT2D eigenvalue weighted by atomic mass is 9.99. The lowest BCUT2D eigenvalue weighted by Crippen LogP contribution is -2.06. The predicted molar refractivity (Wildman–Crippen MR) is 103 cm³/mol. The zero-order valence-corrected chi connectivity index (χ0v) is 15.6. The van der Waals surface area contributed by atoms with Crippen molar-refractivity contribution in [3.05, 3.63) is 65.5 Å². The van der Waals surface area contributed by atoms with Crippen LogP contribution in [0.15, 0.2) is 48.5 Å². The molecular weight excluding hydrogens is 342 g/mol. The number of hydrogen-bond acceptors (Lipinski definition) is 4. The normalized spacial score (nSPS) is 10.7. The zero-order chi connectivity index (χ0) is 19.2. The number of rotatable bonds is 8. The molecule has 0 aliphatic rings. The molecule has 0 fully saturated rings. The van der Waals surface area contributed by atoms with Gasteiger partial charge in [-0.05, 0) is 29.2 Å². The third kappa shape index (κ3) is 4.34. The fourth-order valence-electron chi connectivity index (χ4n) is 2.88. The maximum atomic E-state index is 11.4.